The minimum absolute atomic E-state index is 0.0402. The van der Waals surface area contributed by atoms with Gasteiger partial charge in [0.25, 0.3) is 0 Å². The van der Waals surface area contributed by atoms with Crippen LogP contribution in [0.3, 0.4) is 0 Å². The molecule has 2 aliphatic heterocycles. The normalized spacial score (nSPS) is 21.0. The first kappa shape index (κ1) is 27.8. The molecule has 1 unspecified atom stereocenters. The topological polar surface area (TPSA) is 92.7 Å². The summed E-state index contributed by atoms with van der Waals surface area (Å²) >= 11 is 6.79. The van der Waals surface area contributed by atoms with Gasteiger partial charge in [-0.25, -0.2) is 0 Å². The van der Waals surface area contributed by atoms with Gasteiger partial charge in [-0.1, -0.05) is 41.9 Å². The van der Waals surface area contributed by atoms with Crippen molar-refractivity contribution in [2.45, 2.75) is 31.6 Å². The van der Waals surface area contributed by atoms with Crippen molar-refractivity contribution in [2.24, 2.45) is 10.9 Å². The Hall–Kier alpha value is -4.30. The minimum Gasteiger partial charge on any atom is -0.497 e. The van der Waals surface area contributed by atoms with E-state index in [0.29, 0.717) is 51.2 Å². The van der Waals surface area contributed by atoms with Gasteiger partial charge in [-0.2, -0.15) is 0 Å². The monoisotopic (exact) mass is 587 g/mol. The molecule has 0 radical (unpaired) electrons. The SMILES string of the molecule is COc1ccc([C@@H]2CC(=O)C3=C(C2)N=C(C)C(C(=O)OCCOc2ccccc2)[C@@H]3c2cc3c(cc2Cl)OCO3)cc1. The van der Waals surface area contributed by atoms with Crippen LogP contribution < -0.4 is 18.9 Å². The summed E-state index contributed by atoms with van der Waals surface area (Å²) in [4.78, 5) is 32.4. The molecule has 0 saturated carbocycles. The zero-order valence-corrected chi connectivity index (χ0v) is 24.1. The second-order valence-corrected chi connectivity index (χ2v) is 10.8. The lowest BCUT2D eigenvalue weighted by Gasteiger charge is -2.37. The van der Waals surface area contributed by atoms with Gasteiger partial charge in [-0.15, -0.1) is 0 Å². The Kier molecular flexibility index (Phi) is 7.89. The Bertz CT molecular complexity index is 1570. The zero-order chi connectivity index (χ0) is 29.2. The smallest absolute Gasteiger partial charge is 0.315 e. The minimum atomic E-state index is -0.847. The number of nitrogens with zero attached hydrogens (tertiary/aromatic N) is 1. The van der Waals surface area contributed by atoms with Crippen LogP contribution in [0.2, 0.25) is 5.02 Å². The van der Waals surface area contributed by atoms with E-state index in [1.807, 2.05) is 54.6 Å². The molecule has 0 spiro atoms. The third-order valence-corrected chi connectivity index (χ3v) is 8.22. The second-order valence-electron chi connectivity index (χ2n) is 10.4. The van der Waals surface area contributed by atoms with Gasteiger partial charge in [0.15, 0.2) is 17.3 Å². The quantitative estimate of drug-likeness (QED) is 0.226. The lowest BCUT2D eigenvalue weighted by atomic mass is 9.69. The molecule has 0 fully saturated rings. The molecule has 216 valence electrons. The maximum Gasteiger partial charge on any atom is 0.315 e. The number of fused-ring (bicyclic) bond motifs is 1. The van der Waals surface area contributed by atoms with E-state index in [0.717, 1.165) is 11.3 Å². The number of halogens is 1. The zero-order valence-electron chi connectivity index (χ0n) is 23.3. The standard InChI is InChI=1S/C33H30ClNO7/c1-19-30(33(37)40-13-12-39-23-6-4-3-5-7-23)31(24-16-28-29(17-25(24)34)42-18-41-28)32-26(35-19)14-21(15-27(32)36)20-8-10-22(38-2)11-9-20/h3-11,16-17,21,30-31H,12-15,18H2,1-2H3/t21-,30?,31-/m0/s1. The van der Waals surface area contributed by atoms with Crippen molar-refractivity contribution in [2.75, 3.05) is 27.1 Å². The molecule has 3 aliphatic rings. The number of hydrogen-bond donors (Lipinski definition) is 0. The van der Waals surface area contributed by atoms with Crippen molar-refractivity contribution in [3.05, 3.63) is 94.1 Å². The van der Waals surface area contributed by atoms with Gasteiger partial charge in [0.05, 0.1) is 7.11 Å². The van der Waals surface area contributed by atoms with Crippen LogP contribution in [-0.2, 0) is 14.3 Å². The van der Waals surface area contributed by atoms with Crippen LogP contribution in [0.25, 0.3) is 0 Å². The number of carbonyl (C=O) groups is 2. The first-order chi connectivity index (χ1) is 20.4. The number of Topliss-reactive ketones (excluding diaryl/α,β-unsaturated/α-hetero) is 1. The third kappa shape index (κ3) is 5.46. The summed E-state index contributed by atoms with van der Waals surface area (Å²) in [6, 6.07) is 20.5. The first-order valence-electron chi connectivity index (χ1n) is 13.8. The van der Waals surface area contributed by atoms with E-state index in [1.165, 1.54) is 0 Å². The molecule has 2 heterocycles. The highest BCUT2D eigenvalue weighted by molar-refractivity contribution is 6.32. The Morgan fingerprint density at radius 3 is 2.45 bits per heavy atom. The lowest BCUT2D eigenvalue weighted by molar-refractivity contribution is -0.147. The second kappa shape index (κ2) is 11.9. The summed E-state index contributed by atoms with van der Waals surface area (Å²) in [5.74, 6) is 0.311. The van der Waals surface area contributed by atoms with Gasteiger partial charge in [0.1, 0.15) is 30.6 Å². The van der Waals surface area contributed by atoms with Crippen molar-refractivity contribution in [1.29, 1.82) is 0 Å². The highest BCUT2D eigenvalue weighted by Crippen LogP contribution is 2.50. The predicted octanol–water partition coefficient (Wildman–Crippen LogP) is 6.27. The number of allylic oxidation sites excluding steroid dienone is 2. The molecular formula is C33H30ClNO7. The number of rotatable bonds is 8. The molecule has 0 bridgehead atoms. The summed E-state index contributed by atoms with van der Waals surface area (Å²) < 4.78 is 27.8. The van der Waals surface area contributed by atoms with Crippen molar-refractivity contribution in [3.63, 3.8) is 0 Å². The molecule has 3 aromatic rings. The number of ether oxygens (including phenoxy) is 5. The van der Waals surface area contributed by atoms with Crippen LogP contribution in [-0.4, -0.2) is 44.6 Å². The lowest BCUT2D eigenvalue weighted by Crippen LogP contribution is -2.38. The summed E-state index contributed by atoms with van der Waals surface area (Å²) in [5.41, 5.74) is 3.35. The fourth-order valence-electron chi connectivity index (χ4n) is 5.89. The highest BCUT2D eigenvalue weighted by Gasteiger charge is 2.46. The maximum atomic E-state index is 13.9. The van der Waals surface area contributed by atoms with Gasteiger partial charge in [-0.3, -0.25) is 14.6 Å². The average molecular weight is 588 g/mol. The predicted molar refractivity (Wildman–Crippen MR) is 157 cm³/mol. The van der Waals surface area contributed by atoms with Gasteiger partial charge >= 0.3 is 5.97 Å². The molecule has 9 heteroatoms. The van der Waals surface area contributed by atoms with E-state index in [4.69, 9.17) is 40.3 Å². The number of para-hydroxylation sites is 1. The van der Waals surface area contributed by atoms with Gasteiger partial charge < -0.3 is 23.7 Å². The number of esters is 1. The average Bonchev–Trinajstić information content (AvgIpc) is 3.46. The molecular weight excluding hydrogens is 558 g/mol. The maximum absolute atomic E-state index is 13.9. The summed E-state index contributed by atoms with van der Waals surface area (Å²) in [7, 11) is 1.62. The molecule has 0 N–H and O–H groups in total. The summed E-state index contributed by atoms with van der Waals surface area (Å²) in [6.07, 6.45) is 0.835. The van der Waals surface area contributed by atoms with Crippen molar-refractivity contribution >= 4 is 29.1 Å². The summed E-state index contributed by atoms with van der Waals surface area (Å²) in [6.45, 7) is 2.10. The van der Waals surface area contributed by atoms with Crippen LogP contribution in [0.1, 0.15) is 42.7 Å². The molecule has 42 heavy (non-hydrogen) atoms. The van der Waals surface area contributed by atoms with E-state index in [-0.39, 0.29) is 38.1 Å². The van der Waals surface area contributed by atoms with Crippen LogP contribution in [0, 0.1) is 5.92 Å². The van der Waals surface area contributed by atoms with E-state index in [1.54, 1.807) is 26.2 Å². The van der Waals surface area contributed by atoms with E-state index in [2.05, 4.69) is 0 Å². The van der Waals surface area contributed by atoms with Gasteiger partial charge in [0.2, 0.25) is 6.79 Å². The first-order valence-corrected chi connectivity index (χ1v) is 14.2. The van der Waals surface area contributed by atoms with Crippen LogP contribution >= 0.6 is 11.6 Å². The molecule has 6 rings (SSSR count). The Morgan fingerprint density at radius 1 is 0.976 bits per heavy atom. The number of benzene rings is 3. The molecule has 1 aliphatic carbocycles. The number of aliphatic imine (C=N–C) groups is 1. The van der Waals surface area contributed by atoms with E-state index < -0.39 is 17.8 Å². The fourth-order valence-corrected chi connectivity index (χ4v) is 6.16. The van der Waals surface area contributed by atoms with Crippen LogP contribution in [0.4, 0.5) is 0 Å². The molecule has 8 nitrogen and oxygen atoms in total. The Morgan fingerprint density at radius 2 is 1.71 bits per heavy atom. The third-order valence-electron chi connectivity index (χ3n) is 7.90. The molecule has 0 saturated heterocycles. The van der Waals surface area contributed by atoms with E-state index in [9.17, 15) is 9.59 Å². The van der Waals surface area contributed by atoms with Gasteiger partial charge in [-0.05, 0) is 60.7 Å². The van der Waals surface area contributed by atoms with Gasteiger partial charge in [0, 0.05) is 40.4 Å². The molecule has 3 aromatic carbocycles. The number of carbonyl (C=O) groups excluding carboxylic acids is 2. The Labute approximate surface area is 248 Å². The summed E-state index contributed by atoms with van der Waals surface area (Å²) in [5, 5.41) is 0.376. The Balaban J connectivity index is 1.31. The van der Waals surface area contributed by atoms with Crippen molar-refractivity contribution < 1.29 is 33.3 Å². The molecule has 0 amide bonds. The molecule has 3 atom stereocenters. The van der Waals surface area contributed by atoms with Crippen molar-refractivity contribution in [3.8, 4) is 23.0 Å². The van der Waals surface area contributed by atoms with Crippen molar-refractivity contribution in [1.82, 2.24) is 0 Å². The van der Waals surface area contributed by atoms with Crippen LogP contribution in [0.15, 0.2) is 83.0 Å². The molecule has 0 aromatic heterocycles. The highest BCUT2D eigenvalue weighted by atomic mass is 35.5. The number of methoxy groups -OCH3 is 1. The number of hydrogen-bond acceptors (Lipinski definition) is 8. The van der Waals surface area contributed by atoms with E-state index >= 15 is 0 Å². The largest absolute Gasteiger partial charge is 0.497 e. The fraction of sp³-hybridized carbons (Fsp3) is 0.303. The van der Waals surface area contributed by atoms with Crippen LogP contribution in [0.5, 0.6) is 23.0 Å². The number of ketones is 1.